The maximum absolute atomic E-state index is 12.1. The Labute approximate surface area is 118 Å². The van der Waals surface area contributed by atoms with Crippen LogP contribution in [-0.2, 0) is 23.0 Å². The first-order valence-corrected chi connectivity index (χ1v) is 7.87. The molecule has 7 heteroatoms. The Morgan fingerprint density at radius 2 is 1.95 bits per heavy atom. The first kappa shape index (κ1) is 14.7. The van der Waals surface area contributed by atoms with Crippen LogP contribution in [0.4, 0.5) is 0 Å². The van der Waals surface area contributed by atoms with Gasteiger partial charge in [0.1, 0.15) is 0 Å². The third-order valence-corrected chi connectivity index (χ3v) is 4.17. The molecule has 108 valence electrons. The molecule has 0 amide bonds. The van der Waals surface area contributed by atoms with E-state index in [9.17, 15) is 8.42 Å². The molecular formula is C13H17N3O3S. The molecule has 0 aliphatic heterocycles. The minimum absolute atomic E-state index is 0.0140. The average Bonchev–Trinajstić information content (AvgIpc) is 2.84. The molecule has 0 aliphatic rings. The summed E-state index contributed by atoms with van der Waals surface area (Å²) in [4.78, 5) is 4.17. The largest absolute Gasteiger partial charge is 0.338 e. The third kappa shape index (κ3) is 3.64. The van der Waals surface area contributed by atoms with Gasteiger partial charge >= 0.3 is 0 Å². The van der Waals surface area contributed by atoms with Gasteiger partial charge in [0, 0.05) is 0 Å². The average molecular weight is 295 g/mol. The van der Waals surface area contributed by atoms with Gasteiger partial charge in [-0.3, -0.25) is 0 Å². The van der Waals surface area contributed by atoms with Gasteiger partial charge < -0.3 is 4.52 Å². The molecule has 0 spiro atoms. The highest BCUT2D eigenvalue weighted by Gasteiger charge is 2.15. The standard InChI is InChI=1S/C13H17N3O3S/c1-3-4-11-5-7-12(8-6-11)20(17,18)14-9-13-15-10(2)16-19-13/h5-8,14H,3-4,9H2,1-2H3. The highest BCUT2D eigenvalue weighted by Crippen LogP contribution is 2.12. The number of nitrogens with zero attached hydrogens (tertiary/aromatic N) is 2. The lowest BCUT2D eigenvalue weighted by molar-refractivity contribution is 0.372. The van der Waals surface area contributed by atoms with E-state index in [0.29, 0.717) is 5.82 Å². The summed E-state index contributed by atoms with van der Waals surface area (Å²) in [6, 6.07) is 6.86. The van der Waals surface area contributed by atoms with E-state index in [-0.39, 0.29) is 17.3 Å². The molecule has 1 aromatic carbocycles. The van der Waals surface area contributed by atoms with Crippen molar-refractivity contribution in [1.82, 2.24) is 14.9 Å². The summed E-state index contributed by atoms with van der Waals surface area (Å²) in [5.74, 6) is 0.719. The zero-order valence-electron chi connectivity index (χ0n) is 11.5. The quantitative estimate of drug-likeness (QED) is 0.878. The first-order chi connectivity index (χ1) is 9.51. The van der Waals surface area contributed by atoms with E-state index in [1.165, 1.54) is 0 Å². The minimum atomic E-state index is -3.56. The van der Waals surface area contributed by atoms with Gasteiger partial charge in [-0.05, 0) is 31.0 Å². The van der Waals surface area contributed by atoms with Gasteiger partial charge in [-0.25, -0.2) is 13.1 Å². The molecule has 2 aromatic rings. The van der Waals surface area contributed by atoms with Crippen LogP contribution in [0.5, 0.6) is 0 Å². The van der Waals surface area contributed by atoms with E-state index < -0.39 is 10.0 Å². The van der Waals surface area contributed by atoms with Gasteiger partial charge in [-0.2, -0.15) is 4.98 Å². The summed E-state index contributed by atoms with van der Waals surface area (Å²) in [7, 11) is -3.56. The summed E-state index contributed by atoms with van der Waals surface area (Å²) in [5, 5.41) is 3.60. The van der Waals surface area contributed by atoms with E-state index >= 15 is 0 Å². The molecule has 0 saturated heterocycles. The van der Waals surface area contributed by atoms with E-state index in [1.54, 1.807) is 19.1 Å². The summed E-state index contributed by atoms with van der Waals surface area (Å²) >= 11 is 0. The summed E-state index contributed by atoms with van der Waals surface area (Å²) < 4.78 is 31.5. The molecule has 0 saturated carbocycles. The molecule has 0 atom stereocenters. The van der Waals surface area contributed by atoms with E-state index in [4.69, 9.17) is 4.52 Å². The van der Waals surface area contributed by atoms with Crippen molar-refractivity contribution in [1.29, 1.82) is 0 Å². The lowest BCUT2D eigenvalue weighted by atomic mass is 10.1. The Morgan fingerprint density at radius 3 is 2.50 bits per heavy atom. The second-order valence-electron chi connectivity index (χ2n) is 4.45. The summed E-state index contributed by atoms with van der Waals surface area (Å²) in [5.41, 5.74) is 1.12. The van der Waals surface area contributed by atoms with Crippen LogP contribution in [0.15, 0.2) is 33.7 Å². The van der Waals surface area contributed by atoms with Gasteiger partial charge in [0.25, 0.3) is 0 Å². The summed E-state index contributed by atoms with van der Waals surface area (Å²) in [6.07, 6.45) is 1.97. The second-order valence-corrected chi connectivity index (χ2v) is 6.22. The molecule has 0 unspecified atom stereocenters. The van der Waals surface area contributed by atoms with Crippen molar-refractivity contribution < 1.29 is 12.9 Å². The van der Waals surface area contributed by atoms with E-state index in [0.717, 1.165) is 18.4 Å². The van der Waals surface area contributed by atoms with Crippen molar-refractivity contribution in [3.63, 3.8) is 0 Å². The summed E-state index contributed by atoms with van der Waals surface area (Å²) in [6.45, 7) is 3.74. The predicted octanol–water partition coefficient (Wildman–Crippen LogP) is 1.81. The molecule has 1 heterocycles. The lowest BCUT2D eigenvalue weighted by Crippen LogP contribution is -2.23. The maximum Gasteiger partial charge on any atom is 0.241 e. The molecule has 0 fully saturated rings. The highest BCUT2D eigenvalue weighted by molar-refractivity contribution is 7.89. The number of aryl methyl sites for hydroxylation is 2. The molecule has 6 nitrogen and oxygen atoms in total. The van der Waals surface area contributed by atoms with Crippen molar-refractivity contribution in [2.24, 2.45) is 0 Å². The number of sulfonamides is 1. The Bertz CT molecular complexity index is 662. The molecule has 0 radical (unpaired) electrons. The van der Waals surface area contributed by atoms with Gasteiger partial charge in [0.15, 0.2) is 5.82 Å². The number of nitrogens with one attached hydrogen (secondary N) is 1. The van der Waals surface area contributed by atoms with Crippen molar-refractivity contribution in [3.8, 4) is 0 Å². The van der Waals surface area contributed by atoms with Crippen LogP contribution in [0.1, 0.15) is 30.6 Å². The zero-order chi connectivity index (χ0) is 14.6. The second kappa shape index (κ2) is 6.15. The molecule has 0 aliphatic carbocycles. The number of hydrogen-bond acceptors (Lipinski definition) is 5. The first-order valence-electron chi connectivity index (χ1n) is 6.39. The number of rotatable bonds is 6. The Hall–Kier alpha value is -1.73. The fraction of sp³-hybridized carbons (Fsp3) is 0.385. The van der Waals surface area contributed by atoms with Gasteiger partial charge in [0.2, 0.25) is 15.9 Å². The fourth-order valence-electron chi connectivity index (χ4n) is 1.78. The van der Waals surface area contributed by atoms with Gasteiger partial charge in [0.05, 0.1) is 11.4 Å². The third-order valence-electron chi connectivity index (χ3n) is 2.76. The maximum atomic E-state index is 12.1. The van der Waals surface area contributed by atoms with Crippen LogP contribution >= 0.6 is 0 Å². The van der Waals surface area contributed by atoms with Crippen molar-refractivity contribution in [2.45, 2.75) is 38.1 Å². The van der Waals surface area contributed by atoms with E-state index in [1.807, 2.05) is 12.1 Å². The van der Waals surface area contributed by atoms with Crippen LogP contribution in [0.25, 0.3) is 0 Å². The minimum Gasteiger partial charge on any atom is -0.338 e. The van der Waals surface area contributed by atoms with Crippen LogP contribution in [0.3, 0.4) is 0 Å². The van der Waals surface area contributed by atoms with Crippen LogP contribution in [-0.4, -0.2) is 18.6 Å². The molecule has 20 heavy (non-hydrogen) atoms. The molecule has 1 aromatic heterocycles. The fourth-order valence-corrected chi connectivity index (χ4v) is 2.75. The van der Waals surface area contributed by atoms with Crippen molar-refractivity contribution in [3.05, 3.63) is 41.5 Å². The normalized spacial score (nSPS) is 11.7. The van der Waals surface area contributed by atoms with Crippen molar-refractivity contribution >= 4 is 10.0 Å². The number of benzene rings is 1. The Morgan fingerprint density at radius 1 is 1.25 bits per heavy atom. The molecular weight excluding hydrogens is 278 g/mol. The van der Waals surface area contributed by atoms with Crippen molar-refractivity contribution in [2.75, 3.05) is 0 Å². The monoisotopic (exact) mass is 295 g/mol. The molecule has 0 bridgehead atoms. The lowest BCUT2D eigenvalue weighted by Gasteiger charge is -2.05. The highest BCUT2D eigenvalue weighted by atomic mass is 32.2. The topological polar surface area (TPSA) is 85.1 Å². The Kier molecular flexibility index (Phi) is 4.51. The zero-order valence-corrected chi connectivity index (χ0v) is 12.3. The van der Waals surface area contributed by atoms with Gasteiger partial charge in [-0.15, -0.1) is 0 Å². The van der Waals surface area contributed by atoms with Crippen LogP contribution in [0, 0.1) is 6.92 Å². The van der Waals surface area contributed by atoms with Gasteiger partial charge in [-0.1, -0.05) is 30.6 Å². The molecule has 1 N–H and O–H groups in total. The van der Waals surface area contributed by atoms with Crippen LogP contribution in [0.2, 0.25) is 0 Å². The smallest absolute Gasteiger partial charge is 0.241 e. The number of hydrogen-bond donors (Lipinski definition) is 1. The SMILES string of the molecule is CCCc1ccc(S(=O)(=O)NCc2nc(C)no2)cc1. The van der Waals surface area contributed by atoms with E-state index in [2.05, 4.69) is 21.8 Å². The van der Waals surface area contributed by atoms with Crippen LogP contribution < -0.4 is 4.72 Å². The number of aromatic nitrogens is 2. The predicted molar refractivity (Wildman–Crippen MR) is 73.5 cm³/mol. The Balaban J connectivity index is 2.05. The molecule has 2 rings (SSSR count).